The molecule has 3 N–H and O–H groups in total. The number of carbonyl (C=O) groups excluding carboxylic acids is 1. The largest absolute Gasteiger partial charge is 0.409 e. The third-order valence-electron chi connectivity index (χ3n) is 3.17. The van der Waals surface area contributed by atoms with Crippen molar-refractivity contribution < 1.29 is 10.0 Å². The molecule has 0 aliphatic heterocycles. The summed E-state index contributed by atoms with van der Waals surface area (Å²) < 4.78 is 0. The van der Waals surface area contributed by atoms with Gasteiger partial charge in [-0.15, -0.1) is 0 Å². The average Bonchev–Trinajstić information content (AvgIpc) is 2.53. The van der Waals surface area contributed by atoms with E-state index in [4.69, 9.17) is 10.9 Å². The molecule has 0 unspecified atom stereocenters. The van der Waals surface area contributed by atoms with E-state index in [2.05, 4.69) is 10.1 Å². The molecule has 0 saturated heterocycles. The lowest BCUT2D eigenvalue weighted by atomic mass is 10.1. The first kappa shape index (κ1) is 14.5. The molecule has 0 fully saturated rings. The molecule has 108 valence electrons. The van der Waals surface area contributed by atoms with E-state index in [0.29, 0.717) is 16.9 Å². The molecule has 6 heteroatoms. The second kappa shape index (κ2) is 6.04. The molecular weight excluding hydrogens is 268 g/mol. The van der Waals surface area contributed by atoms with Crippen LogP contribution in [0.5, 0.6) is 0 Å². The molecule has 0 radical (unpaired) electrons. The fourth-order valence-electron chi connectivity index (χ4n) is 1.90. The van der Waals surface area contributed by atoms with Crippen molar-refractivity contribution in [2.24, 2.45) is 10.9 Å². The fourth-order valence-corrected chi connectivity index (χ4v) is 1.90. The monoisotopic (exact) mass is 284 g/mol. The summed E-state index contributed by atoms with van der Waals surface area (Å²) >= 11 is 0. The van der Waals surface area contributed by atoms with E-state index in [1.54, 1.807) is 43.6 Å². The maximum absolute atomic E-state index is 12.4. The first-order valence-corrected chi connectivity index (χ1v) is 6.32. The molecule has 0 saturated carbocycles. The molecule has 0 atom stereocenters. The van der Waals surface area contributed by atoms with Gasteiger partial charge in [-0.2, -0.15) is 0 Å². The number of carbonyl (C=O) groups is 1. The van der Waals surface area contributed by atoms with Crippen LogP contribution in [0.2, 0.25) is 0 Å². The van der Waals surface area contributed by atoms with E-state index in [-0.39, 0.29) is 11.7 Å². The molecule has 0 bridgehead atoms. The summed E-state index contributed by atoms with van der Waals surface area (Å²) in [5.74, 6) is -0.166. The summed E-state index contributed by atoms with van der Waals surface area (Å²) in [6.45, 7) is 1.84. The van der Waals surface area contributed by atoms with Gasteiger partial charge in [-0.1, -0.05) is 11.2 Å². The zero-order valence-electron chi connectivity index (χ0n) is 11.8. The summed E-state index contributed by atoms with van der Waals surface area (Å²) in [4.78, 5) is 18.0. The molecule has 0 spiro atoms. The predicted molar refractivity (Wildman–Crippen MR) is 80.7 cm³/mol. The molecule has 21 heavy (non-hydrogen) atoms. The number of amides is 1. The quantitative estimate of drug-likeness (QED) is 0.389. The number of rotatable bonds is 3. The van der Waals surface area contributed by atoms with Crippen LogP contribution in [-0.2, 0) is 0 Å². The van der Waals surface area contributed by atoms with Gasteiger partial charge >= 0.3 is 0 Å². The number of nitrogens with zero attached hydrogens (tertiary/aromatic N) is 3. The molecule has 1 aromatic heterocycles. The smallest absolute Gasteiger partial charge is 0.276 e. The van der Waals surface area contributed by atoms with Gasteiger partial charge in [-0.05, 0) is 42.8 Å². The molecule has 2 rings (SSSR count). The Balaban J connectivity index is 2.26. The second-order valence-corrected chi connectivity index (χ2v) is 4.57. The highest BCUT2D eigenvalue weighted by Crippen LogP contribution is 2.17. The lowest BCUT2D eigenvalue weighted by molar-refractivity contribution is 0.0987. The first-order chi connectivity index (χ1) is 10.0. The summed E-state index contributed by atoms with van der Waals surface area (Å²) in [6.07, 6.45) is 1.59. The van der Waals surface area contributed by atoms with Gasteiger partial charge in [0.1, 0.15) is 5.69 Å². The maximum Gasteiger partial charge on any atom is 0.276 e. The topological polar surface area (TPSA) is 91.8 Å². The zero-order chi connectivity index (χ0) is 15.4. The number of anilines is 1. The van der Waals surface area contributed by atoms with Crippen LogP contribution < -0.4 is 10.6 Å². The second-order valence-electron chi connectivity index (χ2n) is 4.57. The van der Waals surface area contributed by atoms with Crippen molar-refractivity contribution in [1.29, 1.82) is 0 Å². The van der Waals surface area contributed by atoms with E-state index < -0.39 is 0 Å². The molecule has 6 nitrogen and oxygen atoms in total. The standard InChI is InChI=1S/C15H16N4O2/c1-10-4-3-9-17-13(10)15(20)19(2)12-7-5-11(6-8-12)14(16)18-21/h3-9,21H,1-2H3,(H2,16,18). The van der Waals surface area contributed by atoms with E-state index in [1.807, 2.05) is 13.0 Å². The van der Waals surface area contributed by atoms with Crippen molar-refractivity contribution >= 4 is 17.4 Å². The van der Waals surface area contributed by atoms with Crippen LogP contribution in [-0.4, -0.2) is 29.0 Å². The zero-order valence-corrected chi connectivity index (χ0v) is 11.8. The fraction of sp³-hybridized carbons (Fsp3) is 0.133. The number of aryl methyl sites for hydroxylation is 1. The number of aromatic nitrogens is 1. The molecule has 2 aromatic rings. The lowest BCUT2D eigenvalue weighted by Gasteiger charge is -2.18. The van der Waals surface area contributed by atoms with E-state index >= 15 is 0 Å². The Hall–Kier alpha value is -2.89. The Kier molecular flexibility index (Phi) is 4.18. The first-order valence-electron chi connectivity index (χ1n) is 6.32. The van der Waals surface area contributed by atoms with Crippen molar-refractivity contribution in [3.05, 3.63) is 59.4 Å². The number of nitrogens with two attached hydrogens (primary N) is 1. The van der Waals surface area contributed by atoms with Gasteiger partial charge in [0, 0.05) is 24.5 Å². The van der Waals surface area contributed by atoms with Gasteiger partial charge in [-0.3, -0.25) is 9.78 Å². The Morgan fingerprint density at radius 3 is 2.52 bits per heavy atom. The molecule has 1 amide bonds. The van der Waals surface area contributed by atoms with Gasteiger partial charge in [-0.25, -0.2) is 0 Å². The SMILES string of the molecule is Cc1cccnc1C(=O)N(C)c1ccc(C(N)=NO)cc1. The number of hydrogen-bond acceptors (Lipinski definition) is 4. The van der Waals surface area contributed by atoms with Crippen molar-refractivity contribution in [3.8, 4) is 0 Å². The summed E-state index contributed by atoms with van der Waals surface area (Å²) in [7, 11) is 1.68. The Morgan fingerprint density at radius 1 is 1.29 bits per heavy atom. The van der Waals surface area contributed by atoms with E-state index in [1.165, 1.54) is 4.90 Å². The Labute approximate surface area is 122 Å². The van der Waals surface area contributed by atoms with Crippen molar-refractivity contribution in [1.82, 2.24) is 4.98 Å². The summed E-state index contributed by atoms with van der Waals surface area (Å²) in [6, 6.07) is 10.4. The molecule has 1 aromatic carbocycles. The van der Waals surface area contributed by atoms with Crippen molar-refractivity contribution in [2.45, 2.75) is 6.92 Å². The minimum Gasteiger partial charge on any atom is -0.409 e. The molecule has 1 heterocycles. The minimum atomic E-state index is -0.190. The third-order valence-corrected chi connectivity index (χ3v) is 3.17. The Morgan fingerprint density at radius 2 is 1.95 bits per heavy atom. The Bertz CT molecular complexity index is 680. The van der Waals surface area contributed by atoms with Gasteiger partial charge in [0.15, 0.2) is 5.84 Å². The molecule has 0 aliphatic rings. The lowest BCUT2D eigenvalue weighted by Crippen LogP contribution is -2.27. The van der Waals surface area contributed by atoms with Gasteiger partial charge < -0.3 is 15.8 Å². The van der Waals surface area contributed by atoms with E-state index in [9.17, 15) is 4.79 Å². The van der Waals surface area contributed by atoms with Crippen LogP contribution >= 0.6 is 0 Å². The summed E-state index contributed by atoms with van der Waals surface area (Å²) in [5, 5.41) is 11.6. The van der Waals surface area contributed by atoms with Gasteiger partial charge in [0.2, 0.25) is 0 Å². The normalized spacial score (nSPS) is 11.2. The minimum absolute atomic E-state index is 0.0242. The number of pyridine rings is 1. The highest BCUT2D eigenvalue weighted by Gasteiger charge is 2.16. The third kappa shape index (κ3) is 3.00. The number of hydrogen-bond donors (Lipinski definition) is 2. The van der Waals surface area contributed by atoms with Crippen LogP contribution in [0.25, 0.3) is 0 Å². The van der Waals surface area contributed by atoms with Crippen LogP contribution in [0.4, 0.5) is 5.69 Å². The number of amidine groups is 1. The average molecular weight is 284 g/mol. The number of oxime groups is 1. The van der Waals surface area contributed by atoms with Crippen LogP contribution in [0.15, 0.2) is 47.8 Å². The number of benzene rings is 1. The van der Waals surface area contributed by atoms with Crippen LogP contribution in [0.1, 0.15) is 21.6 Å². The molecule has 0 aliphatic carbocycles. The predicted octanol–water partition coefficient (Wildman–Crippen LogP) is 1.76. The highest BCUT2D eigenvalue weighted by molar-refractivity contribution is 6.05. The maximum atomic E-state index is 12.4. The summed E-state index contributed by atoms with van der Waals surface area (Å²) in [5.41, 5.74) is 8.01. The van der Waals surface area contributed by atoms with Gasteiger partial charge in [0.25, 0.3) is 5.91 Å². The van der Waals surface area contributed by atoms with Crippen LogP contribution in [0.3, 0.4) is 0 Å². The molecular formula is C15H16N4O2. The van der Waals surface area contributed by atoms with Gasteiger partial charge in [0.05, 0.1) is 0 Å². The van der Waals surface area contributed by atoms with E-state index in [0.717, 1.165) is 5.56 Å². The highest BCUT2D eigenvalue weighted by atomic mass is 16.4. The van der Waals surface area contributed by atoms with Crippen molar-refractivity contribution in [3.63, 3.8) is 0 Å². The van der Waals surface area contributed by atoms with Crippen molar-refractivity contribution in [2.75, 3.05) is 11.9 Å². The van der Waals surface area contributed by atoms with Crippen LogP contribution in [0, 0.1) is 6.92 Å².